The summed E-state index contributed by atoms with van der Waals surface area (Å²) in [5.74, 6) is 0. The summed E-state index contributed by atoms with van der Waals surface area (Å²) in [5.41, 5.74) is 1.17. The van der Waals surface area contributed by atoms with Crippen molar-refractivity contribution in [2.24, 2.45) is 0 Å². The lowest BCUT2D eigenvalue weighted by molar-refractivity contribution is 0.200. The van der Waals surface area contributed by atoms with Crippen LogP contribution in [0.2, 0.25) is 0 Å². The van der Waals surface area contributed by atoms with Crippen molar-refractivity contribution in [3.63, 3.8) is 0 Å². The van der Waals surface area contributed by atoms with Gasteiger partial charge in [0.2, 0.25) is 0 Å². The first-order valence-corrected chi connectivity index (χ1v) is 8.11. The predicted octanol–water partition coefficient (Wildman–Crippen LogP) is 3.98. The largest absolute Gasteiger partial charge is 0.294 e. The normalized spacial score (nSPS) is 16.9. The molecule has 1 heterocycles. The molecule has 0 unspecified atom stereocenters. The lowest BCUT2D eigenvalue weighted by atomic mass is 10.2. The Morgan fingerprint density at radius 1 is 1.29 bits per heavy atom. The summed E-state index contributed by atoms with van der Waals surface area (Å²) in [6.45, 7) is 2.09. The highest BCUT2D eigenvalue weighted by molar-refractivity contribution is 9.10. The average Bonchev–Trinajstić information content (AvgIpc) is 2.85. The summed E-state index contributed by atoms with van der Waals surface area (Å²) in [5, 5.41) is 1.04. The molecular formula is C13H18Br2N2. The van der Waals surface area contributed by atoms with Crippen molar-refractivity contribution in [2.75, 3.05) is 11.9 Å². The minimum Gasteiger partial charge on any atom is -0.294 e. The van der Waals surface area contributed by atoms with Crippen molar-refractivity contribution in [2.45, 2.75) is 38.3 Å². The maximum atomic E-state index is 4.47. The quantitative estimate of drug-likeness (QED) is 0.737. The molecule has 17 heavy (non-hydrogen) atoms. The number of rotatable bonds is 5. The van der Waals surface area contributed by atoms with Crippen LogP contribution in [0.15, 0.2) is 22.8 Å². The highest BCUT2D eigenvalue weighted by Crippen LogP contribution is 2.24. The van der Waals surface area contributed by atoms with Crippen LogP contribution in [-0.4, -0.2) is 27.8 Å². The van der Waals surface area contributed by atoms with Crippen LogP contribution in [0.4, 0.5) is 0 Å². The third-order valence-corrected chi connectivity index (χ3v) is 4.19. The molecule has 1 saturated carbocycles. The third kappa shape index (κ3) is 4.04. The molecule has 1 aromatic heterocycles. The fraction of sp³-hybridized carbons (Fsp3) is 0.615. The van der Waals surface area contributed by atoms with Crippen LogP contribution in [0, 0.1) is 0 Å². The van der Waals surface area contributed by atoms with Gasteiger partial charge < -0.3 is 0 Å². The van der Waals surface area contributed by atoms with Gasteiger partial charge in [-0.25, -0.2) is 0 Å². The third-order valence-electron chi connectivity index (χ3n) is 3.37. The molecule has 0 N–H and O–H groups in total. The van der Waals surface area contributed by atoms with E-state index < -0.39 is 0 Å². The summed E-state index contributed by atoms with van der Waals surface area (Å²) in [6, 6.07) is 4.95. The van der Waals surface area contributed by atoms with Gasteiger partial charge >= 0.3 is 0 Å². The molecule has 1 aromatic rings. The first-order valence-electron chi connectivity index (χ1n) is 6.20. The Bertz CT molecular complexity index is 334. The molecule has 94 valence electrons. The monoisotopic (exact) mass is 360 g/mol. The van der Waals surface area contributed by atoms with Crippen LogP contribution in [0.1, 0.15) is 31.4 Å². The van der Waals surface area contributed by atoms with E-state index >= 15 is 0 Å². The van der Waals surface area contributed by atoms with Crippen LogP contribution in [0.25, 0.3) is 0 Å². The molecule has 2 rings (SSSR count). The molecule has 0 bridgehead atoms. The van der Waals surface area contributed by atoms with E-state index in [4.69, 9.17) is 0 Å². The number of halogens is 2. The fourth-order valence-corrected chi connectivity index (χ4v) is 3.17. The molecule has 2 nitrogen and oxygen atoms in total. The van der Waals surface area contributed by atoms with Gasteiger partial charge in [0.25, 0.3) is 0 Å². The Morgan fingerprint density at radius 3 is 2.65 bits per heavy atom. The van der Waals surface area contributed by atoms with Crippen LogP contribution >= 0.6 is 31.9 Å². The summed E-state index contributed by atoms with van der Waals surface area (Å²) < 4.78 is 1.05. The minimum atomic E-state index is 0.762. The molecule has 0 radical (unpaired) electrons. The Morgan fingerprint density at radius 2 is 2.06 bits per heavy atom. The van der Waals surface area contributed by atoms with Crippen LogP contribution in [0.5, 0.6) is 0 Å². The Balaban J connectivity index is 1.98. The molecule has 0 aromatic carbocycles. The zero-order chi connectivity index (χ0) is 12.1. The lowest BCUT2D eigenvalue weighted by Crippen LogP contribution is -2.34. The van der Waals surface area contributed by atoms with Crippen molar-refractivity contribution >= 4 is 31.9 Å². The van der Waals surface area contributed by atoms with Gasteiger partial charge in [0.1, 0.15) is 0 Å². The summed E-state index contributed by atoms with van der Waals surface area (Å²) in [6.07, 6.45) is 7.36. The highest BCUT2D eigenvalue weighted by Gasteiger charge is 2.22. The second-order valence-electron chi connectivity index (χ2n) is 4.57. The smallest absolute Gasteiger partial charge is 0.0544 e. The van der Waals surface area contributed by atoms with Gasteiger partial charge in [-0.05, 0) is 40.9 Å². The Labute approximate surface area is 120 Å². The molecular weight excluding hydrogens is 344 g/mol. The van der Waals surface area contributed by atoms with E-state index in [-0.39, 0.29) is 0 Å². The minimum absolute atomic E-state index is 0.762. The van der Waals surface area contributed by atoms with Gasteiger partial charge in [-0.3, -0.25) is 9.88 Å². The van der Waals surface area contributed by atoms with E-state index in [0.717, 1.165) is 28.9 Å². The molecule has 4 heteroatoms. The topological polar surface area (TPSA) is 16.1 Å². The average molecular weight is 362 g/mol. The van der Waals surface area contributed by atoms with E-state index in [1.165, 1.54) is 31.4 Å². The Hall–Kier alpha value is 0.0700. The SMILES string of the molecule is BrCCN(Cc1ccc(Br)cn1)C1CCCC1. The number of hydrogen-bond donors (Lipinski definition) is 0. The van der Waals surface area contributed by atoms with E-state index in [1.54, 1.807) is 0 Å². The van der Waals surface area contributed by atoms with Gasteiger partial charge in [-0.2, -0.15) is 0 Å². The molecule has 1 aliphatic rings. The zero-order valence-electron chi connectivity index (χ0n) is 9.91. The lowest BCUT2D eigenvalue weighted by Gasteiger charge is -2.27. The van der Waals surface area contributed by atoms with Crippen LogP contribution in [-0.2, 0) is 6.54 Å². The van der Waals surface area contributed by atoms with Gasteiger partial charge in [0.05, 0.1) is 5.69 Å². The van der Waals surface area contributed by atoms with E-state index in [1.807, 2.05) is 6.20 Å². The maximum Gasteiger partial charge on any atom is 0.0544 e. The van der Waals surface area contributed by atoms with Gasteiger partial charge in [0, 0.05) is 35.1 Å². The van der Waals surface area contributed by atoms with Crippen molar-refractivity contribution < 1.29 is 0 Å². The molecule has 0 aliphatic heterocycles. The molecule has 0 amide bonds. The second kappa shape index (κ2) is 6.86. The fourth-order valence-electron chi connectivity index (χ4n) is 2.48. The molecule has 1 aliphatic carbocycles. The first-order chi connectivity index (χ1) is 8.29. The van der Waals surface area contributed by atoms with Crippen LogP contribution < -0.4 is 0 Å². The van der Waals surface area contributed by atoms with Crippen molar-refractivity contribution in [3.05, 3.63) is 28.5 Å². The van der Waals surface area contributed by atoms with E-state index in [9.17, 15) is 0 Å². The maximum absolute atomic E-state index is 4.47. The Kier molecular flexibility index (Phi) is 5.45. The van der Waals surface area contributed by atoms with Crippen molar-refractivity contribution in [1.29, 1.82) is 0 Å². The first kappa shape index (κ1) is 13.5. The van der Waals surface area contributed by atoms with E-state index in [0.29, 0.717) is 0 Å². The number of hydrogen-bond acceptors (Lipinski definition) is 2. The summed E-state index contributed by atoms with van der Waals surface area (Å²) in [7, 11) is 0. The molecule has 0 spiro atoms. The molecule has 0 atom stereocenters. The predicted molar refractivity (Wildman–Crippen MR) is 78.4 cm³/mol. The number of pyridine rings is 1. The molecule has 1 fully saturated rings. The number of aromatic nitrogens is 1. The zero-order valence-corrected chi connectivity index (χ0v) is 13.1. The van der Waals surface area contributed by atoms with Gasteiger partial charge in [-0.15, -0.1) is 0 Å². The van der Waals surface area contributed by atoms with Gasteiger partial charge in [0.15, 0.2) is 0 Å². The van der Waals surface area contributed by atoms with Crippen LogP contribution in [0.3, 0.4) is 0 Å². The second-order valence-corrected chi connectivity index (χ2v) is 6.27. The number of nitrogens with zero attached hydrogens (tertiary/aromatic N) is 2. The highest BCUT2D eigenvalue weighted by atomic mass is 79.9. The van der Waals surface area contributed by atoms with Gasteiger partial charge in [-0.1, -0.05) is 28.8 Å². The standard InChI is InChI=1S/C13H18Br2N2/c14-7-8-17(13-3-1-2-4-13)10-12-6-5-11(15)9-16-12/h5-6,9,13H,1-4,7-8,10H2. The molecule has 0 saturated heterocycles. The summed E-state index contributed by atoms with van der Waals surface area (Å²) >= 11 is 6.98. The van der Waals surface area contributed by atoms with Crippen molar-refractivity contribution in [3.8, 4) is 0 Å². The summed E-state index contributed by atoms with van der Waals surface area (Å²) in [4.78, 5) is 7.04. The number of alkyl halides is 1. The van der Waals surface area contributed by atoms with E-state index in [2.05, 4.69) is 53.9 Å². The van der Waals surface area contributed by atoms with Crippen molar-refractivity contribution in [1.82, 2.24) is 9.88 Å².